The van der Waals surface area contributed by atoms with Crippen molar-refractivity contribution >= 4 is 11.6 Å². The van der Waals surface area contributed by atoms with E-state index >= 15 is 0 Å². The molecule has 7 heteroatoms. The van der Waals surface area contributed by atoms with E-state index in [1.54, 1.807) is 12.1 Å². The first kappa shape index (κ1) is 11.4. The lowest BCUT2D eigenvalue weighted by atomic mass is 10.2. The molecule has 0 fully saturated rings. The summed E-state index contributed by atoms with van der Waals surface area (Å²) in [6.45, 7) is 0.987. The minimum atomic E-state index is -0.539. The minimum Gasteiger partial charge on any atom is -0.486 e. The number of nitrogens with two attached hydrogens (primary N) is 2. The average molecular weight is 260 g/mol. The zero-order valence-corrected chi connectivity index (χ0v) is 10.00. The van der Waals surface area contributed by atoms with Gasteiger partial charge in [-0.2, -0.15) is 5.10 Å². The number of amides is 1. The number of primary amides is 1. The van der Waals surface area contributed by atoms with E-state index in [2.05, 4.69) is 5.10 Å². The molecule has 1 aliphatic rings. The van der Waals surface area contributed by atoms with Gasteiger partial charge in [-0.25, -0.2) is 4.68 Å². The number of anilines is 1. The Labute approximate surface area is 108 Å². The Morgan fingerprint density at radius 1 is 1.26 bits per heavy atom. The topological polar surface area (TPSA) is 105 Å². The standard InChI is InChI=1S/C12H12N4O3/c13-8-3-10-11(19-2-1-18-10)4-9(8)16-6-7(5-15-16)12(14)17/h3-6H,1-2,13H2,(H2,14,17). The number of nitrogens with zero attached hydrogens (tertiary/aromatic N) is 2. The maximum Gasteiger partial charge on any atom is 0.251 e. The summed E-state index contributed by atoms with van der Waals surface area (Å²) in [5, 5.41) is 4.06. The summed E-state index contributed by atoms with van der Waals surface area (Å²) in [5.74, 6) is 0.670. The van der Waals surface area contributed by atoms with Crippen LogP contribution in [0.4, 0.5) is 5.69 Å². The lowest BCUT2D eigenvalue weighted by Crippen LogP contribution is -2.16. The molecular formula is C12H12N4O3. The quantitative estimate of drug-likeness (QED) is 0.757. The monoisotopic (exact) mass is 260 g/mol. The molecule has 1 amide bonds. The van der Waals surface area contributed by atoms with Crippen molar-refractivity contribution in [2.24, 2.45) is 5.73 Å². The summed E-state index contributed by atoms with van der Waals surface area (Å²) in [4.78, 5) is 11.1. The van der Waals surface area contributed by atoms with Gasteiger partial charge in [0.15, 0.2) is 11.5 Å². The number of benzene rings is 1. The van der Waals surface area contributed by atoms with Gasteiger partial charge in [0.1, 0.15) is 13.2 Å². The molecule has 3 rings (SSSR count). The maximum absolute atomic E-state index is 11.1. The van der Waals surface area contributed by atoms with Gasteiger partial charge in [-0.1, -0.05) is 0 Å². The highest BCUT2D eigenvalue weighted by molar-refractivity contribution is 5.92. The van der Waals surface area contributed by atoms with Crippen molar-refractivity contribution in [2.75, 3.05) is 18.9 Å². The van der Waals surface area contributed by atoms with Gasteiger partial charge in [-0.05, 0) is 0 Å². The van der Waals surface area contributed by atoms with Gasteiger partial charge in [0.25, 0.3) is 5.91 Å². The Hall–Kier alpha value is -2.70. The van der Waals surface area contributed by atoms with Gasteiger partial charge in [0.05, 0.1) is 23.1 Å². The van der Waals surface area contributed by atoms with Crippen LogP contribution in [-0.2, 0) is 0 Å². The summed E-state index contributed by atoms with van der Waals surface area (Å²) in [6.07, 6.45) is 2.91. The molecule has 19 heavy (non-hydrogen) atoms. The normalized spacial score (nSPS) is 13.3. The van der Waals surface area contributed by atoms with Gasteiger partial charge < -0.3 is 20.9 Å². The molecule has 0 saturated carbocycles. The third-order valence-electron chi connectivity index (χ3n) is 2.81. The maximum atomic E-state index is 11.1. The van der Waals surface area contributed by atoms with Crippen LogP contribution in [0.2, 0.25) is 0 Å². The first-order valence-corrected chi connectivity index (χ1v) is 5.69. The first-order chi connectivity index (χ1) is 9.15. The second-order valence-corrected chi connectivity index (χ2v) is 4.09. The van der Waals surface area contributed by atoms with E-state index in [0.717, 1.165) is 0 Å². The molecule has 0 bridgehead atoms. The number of carbonyl (C=O) groups is 1. The largest absolute Gasteiger partial charge is 0.486 e. The fraction of sp³-hybridized carbons (Fsp3) is 0.167. The molecule has 7 nitrogen and oxygen atoms in total. The summed E-state index contributed by atoms with van der Waals surface area (Å²) < 4.78 is 12.4. The van der Waals surface area contributed by atoms with Crippen LogP contribution in [0.25, 0.3) is 5.69 Å². The summed E-state index contributed by atoms with van der Waals surface area (Å²) in [5.41, 5.74) is 12.5. The van der Waals surface area contributed by atoms with E-state index in [1.807, 2.05) is 0 Å². The molecule has 2 heterocycles. The van der Waals surface area contributed by atoms with E-state index < -0.39 is 5.91 Å². The fourth-order valence-electron chi connectivity index (χ4n) is 1.87. The van der Waals surface area contributed by atoms with Crippen molar-refractivity contribution in [3.8, 4) is 17.2 Å². The number of aromatic nitrogens is 2. The first-order valence-electron chi connectivity index (χ1n) is 5.69. The van der Waals surface area contributed by atoms with Gasteiger partial charge in [0.2, 0.25) is 0 Å². The van der Waals surface area contributed by atoms with Gasteiger partial charge in [-0.15, -0.1) is 0 Å². The van der Waals surface area contributed by atoms with E-state index in [1.165, 1.54) is 17.1 Å². The molecule has 1 aromatic carbocycles. The van der Waals surface area contributed by atoms with E-state index in [0.29, 0.717) is 41.7 Å². The smallest absolute Gasteiger partial charge is 0.251 e. The number of hydrogen-bond acceptors (Lipinski definition) is 5. The van der Waals surface area contributed by atoms with Crippen molar-refractivity contribution in [2.45, 2.75) is 0 Å². The Kier molecular flexibility index (Phi) is 2.52. The molecule has 2 aromatic rings. The Balaban J connectivity index is 2.06. The van der Waals surface area contributed by atoms with Crippen LogP contribution in [0.3, 0.4) is 0 Å². The van der Waals surface area contributed by atoms with E-state index in [-0.39, 0.29) is 0 Å². The molecule has 4 N–H and O–H groups in total. The van der Waals surface area contributed by atoms with Crippen molar-refractivity contribution in [3.05, 3.63) is 30.1 Å². The molecule has 0 aliphatic carbocycles. The third kappa shape index (κ3) is 1.95. The number of ether oxygens (including phenoxy) is 2. The van der Waals surface area contributed by atoms with Crippen LogP contribution in [0.5, 0.6) is 11.5 Å². The highest BCUT2D eigenvalue weighted by Gasteiger charge is 2.16. The van der Waals surface area contributed by atoms with Gasteiger partial charge in [-0.3, -0.25) is 4.79 Å². The summed E-state index contributed by atoms with van der Waals surface area (Å²) in [7, 11) is 0. The number of rotatable bonds is 2. The highest BCUT2D eigenvalue weighted by Crippen LogP contribution is 2.35. The van der Waals surface area contributed by atoms with Crippen LogP contribution in [0, 0.1) is 0 Å². The lowest BCUT2D eigenvalue weighted by Gasteiger charge is -2.20. The Bertz CT molecular complexity index is 650. The fourth-order valence-corrected chi connectivity index (χ4v) is 1.87. The molecule has 1 aliphatic heterocycles. The molecule has 98 valence electrons. The van der Waals surface area contributed by atoms with Crippen LogP contribution < -0.4 is 20.9 Å². The Morgan fingerprint density at radius 2 is 1.95 bits per heavy atom. The lowest BCUT2D eigenvalue weighted by molar-refractivity contribution is 0.100. The minimum absolute atomic E-state index is 0.314. The molecule has 0 saturated heterocycles. The molecule has 1 aromatic heterocycles. The van der Waals surface area contributed by atoms with E-state index in [4.69, 9.17) is 20.9 Å². The molecule has 0 radical (unpaired) electrons. The van der Waals surface area contributed by atoms with Crippen LogP contribution in [0.1, 0.15) is 10.4 Å². The Morgan fingerprint density at radius 3 is 2.58 bits per heavy atom. The third-order valence-corrected chi connectivity index (χ3v) is 2.81. The van der Waals surface area contributed by atoms with Crippen molar-refractivity contribution < 1.29 is 14.3 Å². The number of nitrogen functional groups attached to an aromatic ring is 1. The summed E-state index contributed by atoms with van der Waals surface area (Å²) in [6, 6.07) is 3.40. The van der Waals surface area contributed by atoms with Crippen LogP contribution >= 0.6 is 0 Å². The molecular weight excluding hydrogens is 248 g/mol. The van der Waals surface area contributed by atoms with E-state index in [9.17, 15) is 4.79 Å². The summed E-state index contributed by atoms with van der Waals surface area (Å²) >= 11 is 0. The zero-order chi connectivity index (χ0) is 13.4. The van der Waals surface area contributed by atoms with Crippen LogP contribution in [0.15, 0.2) is 24.5 Å². The molecule has 0 spiro atoms. The average Bonchev–Trinajstić information content (AvgIpc) is 2.87. The zero-order valence-electron chi connectivity index (χ0n) is 10.00. The van der Waals surface area contributed by atoms with Gasteiger partial charge >= 0.3 is 0 Å². The van der Waals surface area contributed by atoms with Crippen molar-refractivity contribution in [1.29, 1.82) is 0 Å². The van der Waals surface area contributed by atoms with Gasteiger partial charge in [0, 0.05) is 18.3 Å². The van der Waals surface area contributed by atoms with Crippen LogP contribution in [-0.4, -0.2) is 28.9 Å². The number of carbonyl (C=O) groups excluding carboxylic acids is 1. The SMILES string of the molecule is NC(=O)c1cnn(-c2cc3c(cc2N)OCCO3)c1. The number of hydrogen-bond donors (Lipinski definition) is 2. The number of fused-ring (bicyclic) bond motifs is 1. The van der Waals surface area contributed by atoms with Crippen molar-refractivity contribution in [3.63, 3.8) is 0 Å². The second kappa shape index (κ2) is 4.20. The predicted octanol–water partition coefficient (Wildman–Crippen LogP) is 0.325. The molecule has 0 unspecified atom stereocenters. The van der Waals surface area contributed by atoms with Crippen molar-refractivity contribution in [1.82, 2.24) is 9.78 Å². The predicted molar refractivity (Wildman–Crippen MR) is 67.5 cm³/mol. The highest BCUT2D eigenvalue weighted by atomic mass is 16.6. The second-order valence-electron chi connectivity index (χ2n) is 4.09. The molecule has 0 atom stereocenters.